The van der Waals surface area contributed by atoms with Crippen LogP contribution in [0.2, 0.25) is 0 Å². The van der Waals surface area contributed by atoms with Crippen molar-refractivity contribution in [3.05, 3.63) is 42.0 Å². The van der Waals surface area contributed by atoms with Gasteiger partial charge in [0.05, 0.1) is 0 Å². The van der Waals surface area contributed by atoms with Gasteiger partial charge in [-0.3, -0.25) is 0 Å². The number of ether oxygens (including phenoxy) is 3. The van der Waals surface area contributed by atoms with Gasteiger partial charge in [0.25, 0.3) is 5.97 Å². The van der Waals surface area contributed by atoms with E-state index in [0.29, 0.717) is 6.42 Å². The van der Waals surface area contributed by atoms with E-state index >= 15 is 0 Å². The van der Waals surface area contributed by atoms with Crippen molar-refractivity contribution < 1.29 is 14.2 Å². The molecule has 0 aliphatic heterocycles. The number of hydrogen-bond donors (Lipinski definition) is 2. The predicted molar refractivity (Wildman–Crippen MR) is 94.1 cm³/mol. The Labute approximate surface area is 140 Å². The summed E-state index contributed by atoms with van der Waals surface area (Å²) < 4.78 is 15.8. The van der Waals surface area contributed by atoms with Crippen molar-refractivity contribution in [1.82, 2.24) is 10.6 Å². The first-order valence-electron chi connectivity index (χ1n) is 7.98. The standard InChI is InChI=1S/C18H30N2O3/c1-5-16-7-9-17(10-8-16)15-20-14-13-19-12-6-11-18(21-2,22-3)23-4/h5,7-10,19-20H,1,6,11-15H2,2-4H3. The van der Waals surface area contributed by atoms with Crippen LogP contribution in [0.25, 0.3) is 6.08 Å². The fourth-order valence-corrected chi connectivity index (χ4v) is 2.29. The Morgan fingerprint density at radius 1 is 0.957 bits per heavy atom. The molecule has 0 unspecified atom stereocenters. The molecule has 0 radical (unpaired) electrons. The normalized spacial score (nSPS) is 11.6. The Bertz CT molecular complexity index is 422. The summed E-state index contributed by atoms with van der Waals surface area (Å²) in [4.78, 5) is 0. The van der Waals surface area contributed by atoms with E-state index < -0.39 is 5.97 Å². The molecular formula is C18H30N2O3. The number of methoxy groups -OCH3 is 3. The van der Waals surface area contributed by atoms with Crippen LogP contribution in [0, 0.1) is 0 Å². The number of rotatable bonds is 13. The fourth-order valence-electron chi connectivity index (χ4n) is 2.29. The first kappa shape index (κ1) is 19.8. The second-order valence-electron chi connectivity index (χ2n) is 5.27. The molecule has 5 heteroatoms. The molecule has 0 aliphatic carbocycles. The van der Waals surface area contributed by atoms with Gasteiger partial charge in [-0.2, -0.15) is 0 Å². The Morgan fingerprint density at radius 3 is 2.13 bits per heavy atom. The lowest BCUT2D eigenvalue weighted by molar-refractivity contribution is -0.355. The third kappa shape index (κ3) is 7.24. The zero-order chi connectivity index (χ0) is 17.0. The molecule has 2 N–H and O–H groups in total. The minimum absolute atomic E-state index is 0.687. The Balaban J connectivity index is 2.06. The van der Waals surface area contributed by atoms with Crippen LogP contribution in [0.3, 0.4) is 0 Å². The van der Waals surface area contributed by atoms with Crippen molar-refractivity contribution in [2.24, 2.45) is 0 Å². The van der Waals surface area contributed by atoms with E-state index in [9.17, 15) is 0 Å². The van der Waals surface area contributed by atoms with Gasteiger partial charge in [0, 0.05) is 47.4 Å². The SMILES string of the molecule is C=Cc1ccc(CNCCNCCCC(OC)(OC)OC)cc1. The third-order valence-electron chi connectivity index (χ3n) is 3.79. The van der Waals surface area contributed by atoms with E-state index in [1.54, 1.807) is 21.3 Å². The van der Waals surface area contributed by atoms with E-state index in [2.05, 4.69) is 41.5 Å². The summed E-state index contributed by atoms with van der Waals surface area (Å²) in [6, 6.07) is 8.40. The van der Waals surface area contributed by atoms with Gasteiger partial charge < -0.3 is 24.8 Å². The molecule has 1 aromatic rings. The first-order chi connectivity index (χ1) is 11.2. The summed E-state index contributed by atoms with van der Waals surface area (Å²) >= 11 is 0. The molecule has 0 atom stereocenters. The Morgan fingerprint density at radius 2 is 1.57 bits per heavy atom. The second-order valence-corrected chi connectivity index (χ2v) is 5.27. The molecule has 5 nitrogen and oxygen atoms in total. The van der Waals surface area contributed by atoms with Crippen molar-refractivity contribution in [3.63, 3.8) is 0 Å². The van der Waals surface area contributed by atoms with Gasteiger partial charge in [0.2, 0.25) is 0 Å². The highest BCUT2D eigenvalue weighted by Gasteiger charge is 2.28. The van der Waals surface area contributed by atoms with Gasteiger partial charge in [-0.15, -0.1) is 0 Å². The number of nitrogens with one attached hydrogen (secondary N) is 2. The topological polar surface area (TPSA) is 51.8 Å². The van der Waals surface area contributed by atoms with Crippen LogP contribution in [-0.2, 0) is 20.8 Å². The van der Waals surface area contributed by atoms with Crippen LogP contribution >= 0.6 is 0 Å². The van der Waals surface area contributed by atoms with Crippen molar-refractivity contribution in [2.45, 2.75) is 25.4 Å². The summed E-state index contributed by atoms with van der Waals surface area (Å²) in [6.07, 6.45) is 3.46. The molecule has 0 saturated heterocycles. The van der Waals surface area contributed by atoms with Gasteiger partial charge >= 0.3 is 0 Å². The van der Waals surface area contributed by atoms with Crippen molar-refractivity contribution in [1.29, 1.82) is 0 Å². The highest BCUT2D eigenvalue weighted by Crippen LogP contribution is 2.18. The Hall–Kier alpha value is -1.24. The molecule has 1 aromatic carbocycles. The maximum atomic E-state index is 5.26. The van der Waals surface area contributed by atoms with Crippen LogP contribution in [0.15, 0.2) is 30.8 Å². The molecule has 23 heavy (non-hydrogen) atoms. The number of hydrogen-bond acceptors (Lipinski definition) is 5. The molecule has 0 fully saturated rings. The van der Waals surface area contributed by atoms with Crippen LogP contribution < -0.4 is 10.6 Å². The smallest absolute Gasteiger partial charge is 0.282 e. The van der Waals surface area contributed by atoms with Gasteiger partial charge in [-0.25, -0.2) is 0 Å². The van der Waals surface area contributed by atoms with E-state index in [1.807, 2.05) is 6.08 Å². The van der Waals surface area contributed by atoms with Crippen LogP contribution in [0.5, 0.6) is 0 Å². The highest BCUT2D eigenvalue weighted by molar-refractivity contribution is 5.47. The molecule has 1 rings (SSSR count). The van der Waals surface area contributed by atoms with E-state index in [-0.39, 0.29) is 0 Å². The molecule has 0 heterocycles. The summed E-state index contributed by atoms with van der Waals surface area (Å²) in [7, 11) is 4.77. The van der Waals surface area contributed by atoms with E-state index in [4.69, 9.17) is 14.2 Å². The highest BCUT2D eigenvalue weighted by atomic mass is 16.9. The molecular weight excluding hydrogens is 292 g/mol. The fraction of sp³-hybridized carbons (Fsp3) is 0.556. The lowest BCUT2D eigenvalue weighted by Crippen LogP contribution is -2.37. The van der Waals surface area contributed by atoms with Gasteiger partial charge in [-0.1, -0.05) is 36.9 Å². The van der Waals surface area contributed by atoms with E-state index in [1.165, 1.54) is 5.56 Å². The molecule has 0 spiro atoms. The lowest BCUT2D eigenvalue weighted by Gasteiger charge is -2.28. The lowest BCUT2D eigenvalue weighted by atomic mass is 10.1. The average molecular weight is 322 g/mol. The second kappa shape index (κ2) is 11.3. The average Bonchev–Trinajstić information content (AvgIpc) is 2.61. The monoisotopic (exact) mass is 322 g/mol. The quantitative estimate of drug-likeness (QED) is 0.431. The summed E-state index contributed by atoms with van der Waals surface area (Å²) in [5.41, 5.74) is 2.43. The molecule has 0 saturated carbocycles. The summed E-state index contributed by atoms with van der Waals surface area (Å²) in [6.45, 7) is 7.37. The van der Waals surface area contributed by atoms with Crippen molar-refractivity contribution in [3.8, 4) is 0 Å². The number of benzene rings is 1. The molecule has 0 aromatic heterocycles. The Kier molecular flexibility index (Phi) is 9.75. The summed E-state index contributed by atoms with van der Waals surface area (Å²) in [5.74, 6) is -0.919. The zero-order valence-corrected chi connectivity index (χ0v) is 14.6. The van der Waals surface area contributed by atoms with Gasteiger partial charge in [0.15, 0.2) is 0 Å². The molecule has 0 amide bonds. The largest absolute Gasteiger partial charge is 0.331 e. The maximum Gasteiger partial charge on any atom is 0.282 e. The minimum Gasteiger partial charge on any atom is -0.331 e. The van der Waals surface area contributed by atoms with Gasteiger partial charge in [-0.05, 0) is 24.1 Å². The van der Waals surface area contributed by atoms with Crippen LogP contribution in [0.1, 0.15) is 24.0 Å². The zero-order valence-electron chi connectivity index (χ0n) is 14.6. The predicted octanol–water partition coefficient (Wildman–Crippen LogP) is 2.38. The molecule has 0 aliphatic rings. The van der Waals surface area contributed by atoms with Crippen LogP contribution in [-0.4, -0.2) is 46.9 Å². The van der Waals surface area contributed by atoms with Crippen molar-refractivity contribution >= 4 is 6.08 Å². The molecule has 130 valence electrons. The maximum absolute atomic E-state index is 5.26. The third-order valence-corrected chi connectivity index (χ3v) is 3.79. The summed E-state index contributed by atoms with van der Waals surface area (Å²) in [5, 5.41) is 6.81. The minimum atomic E-state index is -0.919. The van der Waals surface area contributed by atoms with E-state index in [0.717, 1.165) is 38.2 Å². The molecule has 0 bridgehead atoms. The van der Waals surface area contributed by atoms with Gasteiger partial charge in [0.1, 0.15) is 0 Å². The van der Waals surface area contributed by atoms with Crippen molar-refractivity contribution in [2.75, 3.05) is 41.0 Å². The first-order valence-corrected chi connectivity index (χ1v) is 7.98. The van der Waals surface area contributed by atoms with Crippen LogP contribution in [0.4, 0.5) is 0 Å².